The molecule has 0 radical (unpaired) electrons. The van der Waals surface area contributed by atoms with Gasteiger partial charge in [0.2, 0.25) is 10.0 Å². The lowest BCUT2D eigenvalue weighted by Gasteiger charge is -2.07. The summed E-state index contributed by atoms with van der Waals surface area (Å²) < 4.78 is 24.5. The van der Waals surface area contributed by atoms with Gasteiger partial charge in [-0.3, -0.25) is 14.9 Å². The molecule has 3 N–H and O–H groups in total. The predicted octanol–water partition coefficient (Wildman–Crippen LogP) is 0.401. The molecule has 0 bridgehead atoms. The standard InChI is InChI=1S/C14H19N5O3S/c1-9-13(10(2)19-18-9)8-16-14(20)11-4-5-15-12(6-11)7-17-23(3,21)22/h4-6,17H,7-8H2,1-3H3,(H,16,20)(H,18,19). The van der Waals surface area contributed by atoms with Gasteiger partial charge in [0.05, 0.1) is 24.2 Å². The normalized spacial score (nSPS) is 11.4. The van der Waals surface area contributed by atoms with Crippen molar-refractivity contribution in [1.82, 2.24) is 25.2 Å². The van der Waals surface area contributed by atoms with E-state index in [2.05, 4.69) is 25.2 Å². The van der Waals surface area contributed by atoms with Crippen LogP contribution in [0.5, 0.6) is 0 Å². The van der Waals surface area contributed by atoms with E-state index in [-0.39, 0.29) is 12.5 Å². The summed E-state index contributed by atoms with van der Waals surface area (Å²) in [5, 5.41) is 9.76. The van der Waals surface area contributed by atoms with Crippen LogP contribution in [0.3, 0.4) is 0 Å². The first-order chi connectivity index (χ1) is 10.8. The Morgan fingerprint density at radius 2 is 2.04 bits per heavy atom. The van der Waals surface area contributed by atoms with Crippen molar-refractivity contribution in [3.05, 3.63) is 46.5 Å². The Balaban J connectivity index is 2.02. The lowest BCUT2D eigenvalue weighted by atomic mass is 10.2. The number of aryl methyl sites for hydroxylation is 2. The molecule has 0 aliphatic carbocycles. The summed E-state index contributed by atoms with van der Waals surface area (Å²) >= 11 is 0. The van der Waals surface area contributed by atoms with Gasteiger partial charge in [-0.2, -0.15) is 5.10 Å². The summed E-state index contributed by atoms with van der Waals surface area (Å²) in [6.07, 6.45) is 2.54. The van der Waals surface area contributed by atoms with Gasteiger partial charge in [0.1, 0.15) is 0 Å². The molecule has 0 fully saturated rings. The van der Waals surface area contributed by atoms with Crippen LogP contribution in [0.4, 0.5) is 0 Å². The summed E-state index contributed by atoms with van der Waals surface area (Å²) in [7, 11) is -3.31. The Labute approximate surface area is 134 Å². The number of H-pyrrole nitrogens is 1. The molecule has 9 heteroatoms. The molecule has 8 nitrogen and oxygen atoms in total. The summed E-state index contributed by atoms with van der Waals surface area (Å²) in [6, 6.07) is 3.14. The molecule has 0 aromatic carbocycles. The Morgan fingerprint density at radius 1 is 1.30 bits per heavy atom. The van der Waals surface area contributed by atoms with E-state index >= 15 is 0 Å². The van der Waals surface area contributed by atoms with Crippen molar-refractivity contribution < 1.29 is 13.2 Å². The molecule has 0 spiro atoms. The van der Waals surface area contributed by atoms with E-state index in [4.69, 9.17) is 0 Å². The smallest absolute Gasteiger partial charge is 0.251 e. The zero-order valence-electron chi connectivity index (χ0n) is 13.2. The molecular weight excluding hydrogens is 318 g/mol. The molecule has 0 saturated carbocycles. The summed E-state index contributed by atoms with van der Waals surface area (Å²) in [4.78, 5) is 16.2. The lowest BCUT2D eigenvalue weighted by Crippen LogP contribution is -2.25. The van der Waals surface area contributed by atoms with E-state index in [1.165, 1.54) is 6.20 Å². The largest absolute Gasteiger partial charge is 0.348 e. The maximum atomic E-state index is 12.2. The first-order valence-corrected chi connectivity index (χ1v) is 8.83. The summed E-state index contributed by atoms with van der Waals surface area (Å²) in [5.41, 5.74) is 3.60. The molecular formula is C14H19N5O3S. The Morgan fingerprint density at radius 3 is 2.65 bits per heavy atom. The van der Waals surface area contributed by atoms with Crippen molar-refractivity contribution in [2.24, 2.45) is 0 Å². The van der Waals surface area contributed by atoms with E-state index in [9.17, 15) is 13.2 Å². The topological polar surface area (TPSA) is 117 Å². The molecule has 2 aromatic rings. The number of carbonyl (C=O) groups is 1. The molecule has 1 amide bonds. The minimum Gasteiger partial charge on any atom is -0.348 e. The van der Waals surface area contributed by atoms with Gasteiger partial charge in [0.15, 0.2) is 0 Å². The summed E-state index contributed by atoms with van der Waals surface area (Å²) in [5.74, 6) is -0.256. The van der Waals surface area contributed by atoms with Gasteiger partial charge in [-0.25, -0.2) is 13.1 Å². The van der Waals surface area contributed by atoms with Crippen molar-refractivity contribution in [3.8, 4) is 0 Å². The van der Waals surface area contributed by atoms with Gasteiger partial charge in [-0.05, 0) is 26.0 Å². The molecule has 0 atom stereocenters. The quantitative estimate of drug-likeness (QED) is 0.705. The van der Waals surface area contributed by atoms with Crippen molar-refractivity contribution in [2.45, 2.75) is 26.9 Å². The predicted molar refractivity (Wildman–Crippen MR) is 85.2 cm³/mol. The number of rotatable bonds is 6. The minimum atomic E-state index is -3.31. The number of nitrogens with one attached hydrogen (secondary N) is 3. The van der Waals surface area contributed by atoms with Crippen LogP contribution in [0, 0.1) is 13.8 Å². The van der Waals surface area contributed by atoms with E-state index in [1.54, 1.807) is 12.1 Å². The fraction of sp³-hybridized carbons (Fsp3) is 0.357. The zero-order chi connectivity index (χ0) is 17.0. The van der Waals surface area contributed by atoms with Crippen LogP contribution < -0.4 is 10.0 Å². The molecule has 0 saturated heterocycles. The fourth-order valence-electron chi connectivity index (χ4n) is 2.03. The highest BCUT2D eigenvalue weighted by Crippen LogP contribution is 2.09. The Hall–Kier alpha value is -2.26. The van der Waals surface area contributed by atoms with Crippen molar-refractivity contribution >= 4 is 15.9 Å². The second kappa shape index (κ2) is 6.88. The average molecular weight is 337 g/mol. The van der Waals surface area contributed by atoms with Gasteiger partial charge < -0.3 is 5.32 Å². The molecule has 0 unspecified atom stereocenters. The number of pyridine rings is 1. The lowest BCUT2D eigenvalue weighted by molar-refractivity contribution is 0.0950. The Bertz CT molecular complexity index is 794. The monoisotopic (exact) mass is 337 g/mol. The SMILES string of the molecule is Cc1n[nH]c(C)c1CNC(=O)c1ccnc(CNS(C)(=O)=O)c1. The number of carbonyl (C=O) groups excluding carboxylic acids is 1. The molecule has 0 aliphatic rings. The van der Waals surface area contributed by atoms with Crippen LogP contribution >= 0.6 is 0 Å². The maximum Gasteiger partial charge on any atom is 0.251 e. The van der Waals surface area contributed by atoms with Gasteiger partial charge in [-0.1, -0.05) is 0 Å². The van der Waals surface area contributed by atoms with Crippen molar-refractivity contribution in [1.29, 1.82) is 0 Å². The number of aromatic amines is 1. The van der Waals surface area contributed by atoms with Crippen LogP contribution in [-0.2, 0) is 23.1 Å². The van der Waals surface area contributed by atoms with Gasteiger partial charge in [0.25, 0.3) is 5.91 Å². The van der Waals surface area contributed by atoms with Crippen LogP contribution in [-0.4, -0.2) is 35.8 Å². The molecule has 2 rings (SSSR count). The number of amides is 1. The van der Waals surface area contributed by atoms with E-state index < -0.39 is 10.0 Å². The van der Waals surface area contributed by atoms with Crippen LogP contribution in [0.25, 0.3) is 0 Å². The number of hydrogen-bond donors (Lipinski definition) is 3. The van der Waals surface area contributed by atoms with Crippen molar-refractivity contribution in [3.63, 3.8) is 0 Å². The Kier molecular flexibility index (Phi) is 5.12. The average Bonchev–Trinajstić information content (AvgIpc) is 2.81. The third-order valence-electron chi connectivity index (χ3n) is 3.30. The third kappa shape index (κ3) is 4.86. The molecule has 2 aromatic heterocycles. The maximum absolute atomic E-state index is 12.2. The molecule has 23 heavy (non-hydrogen) atoms. The van der Waals surface area contributed by atoms with E-state index in [0.717, 1.165) is 23.2 Å². The van der Waals surface area contributed by atoms with Gasteiger partial charge in [0, 0.05) is 29.6 Å². The third-order valence-corrected chi connectivity index (χ3v) is 3.97. The molecule has 124 valence electrons. The van der Waals surface area contributed by atoms with Gasteiger partial charge >= 0.3 is 0 Å². The highest BCUT2D eigenvalue weighted by molar-refractivity contribution is 7.88. The second-order valence-electron chi connectivity index (χ2n) is 5.22. The van der Waals surface area contributed by atoms with Crippen molar-refractivity contribution in [2.75, 3.05) is 6.26 Å². The first kappa shape index (κ1) is 17.1. The number of hydrogen-bond acceptors (Lipinski definition) is 5. The minimum absolute atomic E-state index is 0.0416. The van der Waals surface area contributed by atoms with E-state index in [0.29, 0.717) is 17.8 Å². The van der Waals surface area contributed by atoms with E-state index in [1.807, 2.05) is 13.8 Å². The summed E-state index contributed by atoms with van der Waals surface area (Å²) in [6.45, 7) is 4.17. The highest BCUT2D eigenvalue weighted by Gasteiger charge is 2.11. The number of sulfonamides is 1. The number of nitrogens with zero attached hydrogens (tertiary/aromatic N) is 2. The second-order valence-corrected chi connectivity index (χ2v) is 7.06. The zero-order valence-corrected chi connectivity index (χ0v) is 14.0. The molecule has 2 heterocycles. The van der Waals surface area contributed by atoms with Crippen LogP contribution in [0.2, 0.25) is 0 Å². The van der Waals surface area contributed by atoms with Crippen LogP contribution in [0.15, 0.2) is 18.3 Å². The highest BCUT2D eigenvalue weighted by atomic mass is 32.2. The van der Waals surface area contributed by atoms with Crippen LogP contribution in [0.1, 0.15) is 33.0 Å². The molecule has 0 aliphatic heterocycles. The number of aromatic nitrogens is 3. The fourth-order valence-corrected chi connectivity index (χ4v) is 2.44. The van der Waals surface area contributed by atoms with Gasteiger partial charge in [-0.15, -0.1) is 0 Å². The first-order valence-electron chi connectivity index (χ1n) is 6.94.